The number of nitriles is 1. The van der Waals surface area contributed by atoms with Crippen LogP contribution in [-0.4, -0.2) is 10.8 Å². The lowest BCUT2D eigenvalue weighted by Gasteiger charge is -2.09. The number of rotatable bonds is 7. The molecule has 1 N–H and O–H groups in total. The van der Waals surface area contributed by atoms with Gasteiger partial charge < -0.3 is 10.1 Å². The van der Waals surface area contributed by atoms with Crippen molar-refractivity contribution in [1.82, 2.24) is 0 Å². The number of carbonyl (C=O) groups is 1. The lowest BCUT2D eigenvalue weighted by Crippen LogP contribution is -2.14. The van der Waals surface area contributed by atoms with Gasteiger partial charge in [0.25, 0.3) is 11.6 Å². The summed E-state index contributed by atoms with van der Waals surface area (Å²) < 4.78 is 18.6. The Bertz CT molecular complexity index is 1250. The van der Waals surface area contributed by atoms with E-state index in [1.807, 2.05) is 0 Å². The largest absolute Gasteiger partial charge is 0.489 e. The molecule has 0 bridgehead atoms. The summed E-state index contributed by atoms with van der Waals surface area (Å²) in [5.41, 5.74) is 0.741. The number of non-ortho nitro benzene ring substituents is 1. The molecule has 0 aliphatic rings. The maximum atomic E-state index is 13.0. The number of nitro benzene ring substituents is 1. The lowest BCUT2D eigenvalue weighted by molar-refractivity contribution is -0.384. The summed E-state index contributed by atoms with van der Waals surface area (Å²) in [5, 5.41) is 22.4. The molecule has 0 saturated carbocycles. The Labute approximate surface area is 197 Å². The van der Waals surface area contributed by atoms with Gasteiger partial charge in [-0.1, -0.05) is 47.5 Å². The van der Waals surface area contributed by atoms with Crippen molar-refractivity contribution in [3.05, 3.63) is 103 Å². The lowest BCUT2D eigenvalue weighted by atomic mass is 10.1. The van der Waals surface area contributed by atoms with Crippen molar-refractivity contribution in [2.75, 3.05) is 5.32 Å². The average Bonchev–Trinajstić information content (AvgIpc) is 2.80. The van der Waals surface area contributed by atoms with E-state index in [9.17, 15) is 24.6 Å². The molecule has 0 aromatic heterocycles. The minimum absolute atomic E-state index is 0.0420. The second-order valence-corrected chi connectivity index (χ2v) is 7.46. The van der Waals surface area contributed by atoms with Crippen molar-refractivity contribution in [3.63, 3.8) is 0 Å². The van der Waals surface area contributed by atoms with E-state index in [0.717, 1.165) is 17.7 Å². The van der Waals surface area contributed by atoms with Crippen molar-refractivity contribution in [3.8, 4) is 11.8 Å². The van der Waals surface area contributed by atoms with Gasteiger partial charge in [0.15, 0.2) is 0 Å². The van der Waals surface area contributed by atoms with Crippen LogP contribution < -0.4 is 10.1 Å². The number of ether oxygens (including phenoxy) is 1. The highest BCUT2D eigenvalue weighted by Gasteiger charge is 2.18. The number of nitro groups is 1. The molecule has 33 heavy (non-hydrogen) atoms. The Balaban J connectivity index is 1.70. The first-order chi connectivity index (χ1) is 15.8. The summed E-state index contributed by atoms with van der Waals surface area (Å²) in [6.07, 6.45) is 1.35. The fraction of sp³-hybridized carbons (Fsp3) is 0.0435. The van der Waals surface area contributed by atoms with Gasteiger partial charge in [0.05, 0.1) is 20.7 Å². The molecule has 0 fully saturated rings. The number of halogens is 3. The van der Waals surface area contributed by atoms with Gasteiger partial charge in [0.1, 0.15) is 29.8 Å². The number of benzene rings is 3. The predicted octanol–water partition coefficient (Wildman–Crippen LogP) is 6.17. The smallest absolute Gasteiger partial charge is 0.272 e. The Kier molecular flexibility index (Phi) is 7.61. The molecule has 3 aromatic carbocycles. The monoisotopic (exact) mass is 485 g/mol. The number of nitrogens with zero attached hydrogens (tertiary/aromatic N) is 2. The highest BCUT2D eigenvalue weighted by molar-refractivity contribution is 6.40. The molecule has 3 aromatic rings. The van der Waals surface area contributed by atoms with Crippen LogP contribution in [0.15, 0.2) is 66.2 Å². The molecule has 0 saturated heterocycles. The maximum absolute atomic E-state index is 13.0. The first-order valence-corrected chi connectivity index (χ1v) is 10.1. The summed E-state index contributed by atoms with van der Waals surface area (Å²) >= 11 is 12.0. The highest BCUT2D eigenvalue weighted by atomic mass is 35.5. The fourth-order valence-corrected chi connectivity index (χ4v) is 3.26. The van der Waals surface area contributed by atoms with E-state index in [-0.39, 0.29) is 39.4 Å². The summed E-state index contributed by atoms with van der Waals surface area (Å²) in [7, 11) is 0. The van der Waals surface area contributed by atoms with E-state index in [4.69, 9.17) is 27.9 Å². The average molecular weight is 486 g/mol. The number of anilines is 1. The molecule has 0 spiro atoms. The molecule has 0 radical (unpaired) electrons. The van der Waals surface area contributed by atoms with Crippen LogP contribution in [0.5, 0.6) is 5.75 Å². The van der Waals surface area contributed by atoms with Crippen LogP contribution in [0.4, 0.5) is 15.8 Å². The Hall–Kier alpha value is -3.93. The first-order valence-electron chi connectivity index (χ1n) is 9.30. The number of hydrogen-bond donors (Lipinski definition) is 1. The van der Waals surface area contributed by atoms with Crippen LogP contribution >= 0.6 is 23.2 Å². The van der Waals surface area contributed by atoms with Gasteiger partial charge >= 0.3 is 0 Å². The third-order valence-electron chi connectivity index (χ3n) is 4.35. The van der Waals surface area contributed by atoms with E-state index in [0.29, 0.717) is 11.3 Å². The Morgan fingerprint density at radius 2 is 1.73 bits per heavy atom. The van der Waals surface area contributed by atoms with E-state index in [1.165, 1.54) is 18.2 Å². The molecule has 166 valence electrons. The molecule has 0 unspecified atom stereocenters. The van der Waals surface area contributed by atoms with Gasteiger partial charge in [-0.15, -0.1) is 0 Å². The molecule has 10 heteroatoms. The predicted molar refractivity (Wildman–Crippen MR) is 123 cm³/mol. The normalized spacial score (nSPS) is 10.9. The maximum Gasteiger partial charge on any atom is 0.272 e. The van der Waals surface area contributed by atoms with Crippen LogP contribution in [0.3, 0.4) is 0 Å². The van der Waals surface area contributed by atoms with Crippen molar-refractivity contribution in [1.29, 1.82) is 5.26 Å². The van der Waals surface area contributed by atoms with Gasteiger partial charge in [-0.3, -0.25) is 14.9 Å². The van der Waals surface area contributed by atoms with Crippen LogP contribution in [0, 0.1) is 27.3 Å². The van der Waals surface area contributed by atoms with Crippen LogP contribution in [-0.2, 0) is 11.4 Å². The second-order valence-electron chi connectivity index (χ2n) is 6.65. The van der Waals surface area contributed by atoms with Crippen molar-refractivity contribution >= 4 is 46.6 Å². The van der Waals surface area contributed by atoms with Crippen LogP contribution in [0.1, 0.15) is 11.1 Å². The van der Waals surface area contributed by atoms with Gasteiger partial charge in [0.2, 0.25) is 0 Å². The molecule has 7 nitrogen and oxygen atoms in total. The summed E-state index contributed by atoms with van der Waals surface area (Å²) in [6, 6.07) is 16.4. The highest BCUT2D eigenvalue weighted by Crippen LogP contribution is 2.35. The minimum atomic E-state index is -0.785. The minimum Gasteiger partial charge on any atom is -0.489 e. The molecule has 1 amide bonds. The Morgan fingerprint density at radius 3 is 2.27 bits per heavy atom. The van der Waals surface area contributed by atoms with E-state index < -0.39 is 10.8 Å². The fourth-order valence-electron chi connectivity index (χ4n) is 2.69. The molecule has 0 aliphatic heterocycles. The van der Waals surface area contributed by atoms with Gasteiger partial charge in [-0.05, 0) is 41.5 Å². The summed E-state index contributed by atoms with van der Waals surface area (Å²) in [5.74, 6) is -0.569. The summed E-state index contributed by atoms with van der Waals surface area (Å²) in [4.78, 5) is 22.7. The van der Waals surface area contributed by atoms with Gasteiger partial charge in [0, 0.05) is 12.1 Å². The first kappa shape index (κ1) is 23.7. The Morgan fingerprint density at radius 1 is 1.12 bits per heavy atom. The standard InChI is InChI=1S/C23H14Cl2FN3O4/c24-20-10-18(29(31)32)11-21(25)22(20)28-23(30)16(12-27)9-14-3-7-19(8-4-14)33-13-15-1-5-17(26)6-2-15/h1-11H,13H2,(H,28,30)/b16-9+. The third kappa shape index (κ3) is 6.29. The quantitative estimate of drug-likeness (QED) is 0.186. The topological polar surface area (TPSA) is 105 Å². The van der Waals surface area contributed by atoms with E-state index in [2.05, 4.69) is 5.32 Å². The van der Waals surface area contributed by atoms with Gasteiger partial charge in [-0.25, -0.2) is 4.39 Å². The van der Waals surface area contributed by atoms with Crippen LogP contribution in [0.2, 0.25) is 10.0 Å². The van der Waals surface area contributed by atoms with E-state index >= 15 is 0 Å². The molecule has 0 atom stereocenters. The third-order valence-corrected chi connectivity index (χ3v) is 4.95. The van der Waals surface area contributed by atoms with Crippen molar-refractivity contribution in [2.24, 2.45) is 0 Å². The molecular weight excluding hydrogens is 472 g/mol. The van der Waals surface area contributed by atoms with E-state index in [1.54, 1.807) is 42.5 Å². The second kappa shape index (κ2) is 10.6. The zero-order chi connectivity index (χ0) is 24.0. The number of amides is 1. The van der Waals surface area contributed by atoms with Crippen molar-refractivity contribution < 1.29 is 18.8 Å². The summed E-state index contributed by atoms with van der Waals surface area (Å²) in [6.45, 7) is 0.248. The molecule has 0 aliphatic carbocycles. The number of hydrogen-bond acceptors (Lipinski definition) is 5. The van der Waals surface area contributed by atoms with Gasteiger partial charge in [-0.2, -0.15) is 5.26 Å². The molecule has 3 rings (SSSR count). The number of nitrogens with one attached hydrogen (secondary N) is 1. The van der Waals surface area contributed by atoms with Crippen molar-refractivity contribution in [2.45, 2.75) is 6.61 Å². The molecule has 0 heterocycles. The zero-order valence-corrected chi connectivity index (χ0v) is 18.2. The SMILES string of the molecule is N#C/C(=C\c1ccc(OCc2ccc(F)cc2)cc1)C(=O)Nc1c(Cl)cc([N+](=O)[O-])cc1Cl. The zero-order valence-electron chi connectivity index (χ0n) is 16.7. The van der Waals surface area contributed by atoms with Crippen LogP contribution in [0.25, 0.3) is 6.08 Å². The molecular formula is C23H14Cl2FN3O4. The number of carbonyl (C=O) groups excluding carboxylic acids is 1.